The Morgan fingerprint density at radius 3 is 2.71 bits per heavy atom. The van der Waals surface area contributed by atoms with Gasteiger partial charge in [-0.1, -0.05) is 31.2 Å². The highest BCUT2D eigenvalue weighted by Crippen LogP contribution is 2.42. The highest BCUT2D eigenvalue weighted by Gasteiger charge is 2.25. The van der Waals surface area contributed by atoms with Gasteiger partial charge in [-0.05, 0) is 48.3 Å². The van der Waals surface area contributed by atoms with E-state index in [1.165, 1.54) is 24.0 Å². The van der Waals surface area contributed by atoms with E-state index in [0.717, 1.165) is 5.92 Å². The Hall–Kier alpha value is -1.04. The van der Waals surface area contributed by atoms with Crippen molar-refractivity contribution in [1.82, 2.24) is 0 Å². The summed E-state index contributed by atoms with van der Waals surface area (Å²) in [7, 11) is 0. The first-order valence-electron chi connectivity index (χ1n) is 5.45. The van der Waals surface area contributed by atoms with E-state index in [0.29, 0.717) is 5.92 Å². The predicted molar refractivity (Wildman–Crippen MR) is 61.8 cm³/mol. The third kappa shape index (κ3) is 1.75. The molecule has 1 saturated carbocycles. The summed E-state index contributed by atoms with van der Waals surface area (Å²) in [5.74, 6) is 1.33. The van der Waals surface area contributed by atoms with Crippen molar-refractivity contribution in [2.45, 2.75) is 38.5 Å². The number of hydrogen-bond donors (Lipinski definition) is 0. The van der Waals surface area contributed by atoms with Gasteiger partial charge in [-0.2, -0.15) is 0 Å². The first-order chi connectivity index (χ1) is 6.72. The molecule has 0 spiro atoms. The standard InChI is InChI=1S/C14H18/c1-4-10(2)13-6-5-11(3)14(9-13)12-7-8-12/h4-6,9-10,12H,1,7-8H2,2-3H3. The van der Waals surface area contributed by atoms with E-state index in [1.54, 1.807) is 5.56 Å². The maximum atomic E-state index is 3.85. The molecule has 0 aromatic heterocycles. The van der Waals surface area contributed by atoms with Gasteiger partial charge in [0.15, 0.2) is 0 Å². The van der Waals surface area contributed by atoms with Gasteiger partial charge < -0.3 is 0 Å². The second-order valence-electron chi connectivity index (χ2n) is 4.41. The van der Waals surface area contributed by atoms with Gasteiger partial charge in [0.05, 0.1) is 0 Å². The van der Waals surface area contributed by atoms with E-state index in [1.807, 2.05) is 6.08 Å². The zero-order chi connectivity index (χ0) is 10.1. The van der Waals surface area contributed by atoms with Crippen LogP contribution < -0.4 is 0 Å². The average Bonchev–Trinajstić information content (AvgIpc) is 3.01. The third-order valence-corrected chi connectivity index (χ3v) is 3.20. The van der Waals surface area contributed by atoms with Crippen LogP contribution in [0, 0.1) is 6.92 Å². The lowest BCUT2D eigenvalue weighted by Crippen LogP contribution is -1.93. The number of benzene rings is 1. The van der Waals surface area contributed by atoms with Gasteiger partial charge in [-0.15, -0.1) is 6.58 Å². The Morgan fingerprint density at radius 1 is 1.43 bits per heavy atom. The van der Waals surface area contributed by atoms with Gasteiger partial charge in [0.1, 0.15) is 0 Å². The molecule has 0 bridgehead atoms. The van der Waals surface area contributed by atoms with E-state index < -0.39 is 0 Å². The molecular weight excluding hydrogens is 168 g/mol. The molecule has 0 saturated heterocycles. The van der Waals surface area contributed by atoms with E-state index in [2.05, 4.69) is 38.6 Å². The first-order valence-corrected chi connectivity index (χ1v) is 5.45. The summed E-state index contributed by atoms with van der Waals surface area (Å²) >= 11 is 0. The van der Waals surface area contributed by atoms with Crippen LogP contribution in [0.3, 0.4) is 0 Å². The van der Waals surface area contributed by atoms with Gasteiger partial charge in [-0.3, -0.25) is 0 Å². The molecule has 1 unspecified atom stereocenters. The molecule has 1 atom stereocenters. The molecular formula is C14H18. The molecule has 0 heterocycles. The van der Waals surface area contributed by atoms with Crippen LogP contribution in [0.1, 0.15) is 48.3 Å². The van der Waals surface area contributed by atoms with Crippen molar-refractivity contribution in [2.75, 3.05) is 0 Å². The van der Waals surface area contributed by atoms with E-state index in [-0.39, 0.29) is 0 Å². The van der Waals surface area contributed by atoms with E-state index >= 15 is 0 Å². The van der Waals surface area contributed by atoms with Crippen LogP contribution in [0.4, 0.5) is 0 Å². The van der Waals surface area contributed by atoms with Crippen LogP contribution in [-0.4, -0.2) is 0 Å². The van der Waals surface area contributed by atoms with Crippen molar-refractivity contribution in [3.8, 4) is 0 Å². The fraction of sp³-hybridized carbons (Fsp3) is 0.429. The summed E-state index contributed by atoms with van der Waals surface area (Å²) in [6.45, 7) is 8.27. The highest BCUT2D eigenvalue weighted by atomic mass is 14.3. The Balaban J connectivity index is 2.34. The van der Waals surface area contributed by atoms with Crippen LogP contribution >= 0.6 is 0 Å². The van der Waals surface area contributed by atoms with Crippen LogP contribution in [0.5, 0.6) is 0 Å². The minimum atomic E-state index is 0.480. The average molecular weight is 186 g/mol. The maximum Gasteiger partial charge on any atom is -0.00130 e. The normalized spacial score (nSPS) is 17.9. The van der Waals surface area contributed by atoms with Gasteiger partial charge in [0.25, 0.3) is 0 Å². The van der Waals surface area contributed by atoms with Crippen molar-refractivity contribution < 1.29 is 0 Å². The fourth-order valence-corrected chi connectivity index (χ4v) is 1.91. The van der Waals surface area contributed by atoms with Crippen LogP contribution in [0.2, 0.25) is 0 Å². The Labute approximate surface area is 86.7 Å². The third-order valence-electron chi connectivity index (χ3n) is 3.20. The zero-order valence-corrected chi connectivity index (χ0v) is 9.09. The molecule has 1 aromatic rings. The van der Waals surface area contributed by atoms with Crippen molar-refractivity contribution in [2.24, 2.45) is 0 Å². The first kappa shape index (κ1) is 9.51. The molecule has 0 amide bonds. The second-order valence-corrected chi connectivity index (χ2v) is 4.41. The van der Waals surface area contributed by atoms with Gasteiger partial charge in [0, 0.05) is 0 Å². The van der Waals surface area contributed by atoms with Gasteiger partial charge in [-0.25, -0.2) is 0 Å². The molecule has 1 aromatic carbocycles. The molecule has 74 valence electrons. The number of allylic oxidation sites excluding steroid dienone is 1. The summed E-state index contributed by atoms with van der Waals surface area (Å²) in [5, 5.41) is 0. The minimum absolute atomic E-state index is 0.480. The fourth-order valence-electron chi connectivity index (χ4n) is 1.91. The highest BCUT2D eigenvalue weighted by molar-refractivity contribution is 5.38. The van der Waals surface area contributed by atoms with Crippen molar-refractivity contribution in [1.29, 1.82) is 0 Å². The summed E-state index contributed by atoms with van der Waals surface area (Å²) in [6, 6.07) is 6.86. The van der Waals surface area contributed by atoms with Crippen LogP contribution in [-0.2, 0) is 0 Å². The lowest BCUT2D eigenvalue weighted by Gasteiger charge is -2.11. The summed E-state index contributed by atoms with van der Waals surface area (Å²) in [5.41, 5.74) is 4.43. The van der Waals surface area contributed by atoms with Crippen LogP contribution in [0.25, 0.3) is 0 Å². The molecule has 1 fully saturated rings. The summed E-state index contributed by atoms with van der Waals surface area (Å²) < 4.78 is 0. The molecule has 0 N–H and O–H groups in total. The zero-order valence-electron chi connectivity index (χ0n) is 9.09. The summed E-state index contributed by atoms with van der Waals surface area (Å²) in [6.07, 6.45) is 4.78. The summed E-state index contributed by atoms with van der Waals surface area (Å²) in [4.78, 5) is 0. The Bertz CT molecular complexity index is 345. The van der Waals surface area contributed by atoms with Crippen molar-refractivity contribution in [3.63, 3.8) is 0 Å². The van der Waals surface area contributed by atoms with Crippen molar-refractivity contribution >= 4 is 0 Å². The Kier molecular flexibility index (Phi) is 2.45. The quantitative estimate of drug-likeness (QED) is 0.622. The number of hydrogen-bond acceptors (Lipinski definition) is 0. The molecule has 14 heavy (non-hydrogen) atoms. The van der Waals surface area contributed by atoms with Gasteiger partial charge >= 0.3 is 0 Å². The smallest absolute Gasteiger partial charge is 0.00130 e. The van der Waals surface area contributed by atoms with E-state index in [4.69, 9.17) is 0 Å². The molecule has 0 nitrogen and oxygen atoms in total. The van der Waals surface area contributed by atoms with Crippen molar-refractivity contribution in [3.05, 3.63) is 47.5 Å². The molecule has 0 aliphatic heterocycles. The molecule has 1 aliphatic rings. The topological polar surface area (TPSA) is 0 Å². The number of aryl methyl sites for hydroxylation is 1. The molecule has 0 radical (unpaired) electrons. The monoisotopic (exact) mass is 186 g/mol. The lowest BCUT2D eigenvalue weighted by molar-refractivity contribution is 0.955. The SMILES string of the molecule is C=CC(C)c1ccc(C)c(C2CC2)c1. The predicted octanol–water partition coefficient (Wildman–Crippen LogP) is 4.16. The molecule has 0 heteroatoms. The second kappa shape index (κ2) is 3.61. The number of rotatable bonds is 3. The molecule has 2 rings (SSSR count). The van der Waals surface area contributed by atoms with Crippen LogP contribution in [0.15, 0.2) is 30.9 Å². The maximum absolute atomic E-state index is 3.85. The van der Waals surface area contributed by atoms with Gasteiger partial charge in [0.2, 0.25) is 0 Å². The lowest BCUT2D eigenvalue weighted by atomic mass is 9.95. The largest absolute Gasteiger partial charge is 0.102 e. The minimum Gasteiger partial charge on any atom is -0.102 e. The van der Waals surface area contributed by atoms with E-state index in [9.17, 15) is 0 Å². The Morgan fingerprint density at radius 2 is 2.14 bits per heavy atom. The molecule has 1 aliphatic carbocycles.